The number of nitrogens with one attached hydrogen (secondary N) is 2. The molecule has 3 amide bonds. The molecule has 9 heteroatoms. The summed E-state index contributed by atoms with van der Waals surface area (Å²) in [5.41, 5.74) is -0.192. The highest BCUT2D eigenvalue weighted by Gasteiger charge is 2.84. The Morgan fingerprint density at radius 3 is 2.25 bits per heavy atom. The molecule has 3 saturated carbocycles. The van der Waals surface area contributed by atoms with Gasteiger partial charge in [-0.05, 0) is 54.3 Å². The van der Waals surface area contributed by atoms with Gasteiger partial charge in [0.25, 0.3) is 5.91 Å². The summed E-state index contributed by atoms with van der Waals surface area (Å²) in [5.74, 6) is -1.07. The fraction of sp³-hybridized carbons (Fsp3) is 0.742. The Bertz CT molecular complexity index is 1150. The van der Waals surface area contributed by atoms with Crippen molar-refractivity contribution < 1.29 is 19.2 Å². The van der Waals surface area contributed by atoms with E-state index >= 15 is 0 Å². The highest BCUT2D eigenvalue weighted by atomic mass is 16.2. The zero-order valence-corrected chi connectivity index (χ0v) is 24.7. The van der Waals surface area contributed by atoms with E-state index in [-0.39, 0.29) is 39.7 Å². The Morgan fingerprint density at radius 2 is 1.73 bits per heavy atom. The van der Waals surface area contributed by atoms with Gasteiger partial charge in [0.15, 0.2) is 0 Å². The van der Waals surface area contributed by atoms with Crippen molar-refractivity contribution in [2.24, 2.45) is 27.6 Å². The van der Waals surface area contributed by atoms with Gasteiger partial charge < -0.3 is 20.3 Å². The molecule has 3 aliphatic carbocycles. The van der Waals surface area contributed by atoms with E-state index in [9.17, 15) is 19.2 Å². The molecular formula is C31H45N5O4. The monoisotopic (exact) mass is 551 g/mol. The molecule has 1 aromatic heterocycles. The molecule has 218 valence electrons. The molecule has 0 bridgehead atoms. The van der Waals surface area contributed by atoms with Crippen LogP contribution in [-0.2, 0) is 14.4 Å². The molecule has 0 radical (unpaired) electrons. The molecule has 5 rings (SSSR count). The lowest BCUT2D eigenvalue weighted by Crippen LogP contribution is -2.60. The van der Waals surface area contributed by atoms with Crippen molar-refractivity contribution in [2.45, 2.75) is 111 Å². The standard InChI is InChI=1S/C31H45N5O4/c1-28(2,3)24(27(40)36-19-31(16-21(36)18-37)29(4,5)30(31)12-9-13-30)35-26(39)23(20-10-7-6-8-11-20)34-25(38)22-17-32-14-15-33-22/h14-15,17-18,20-21,23-24H,6-13,16,19H2,1-5H3,(H,34,38)(H,35,39)/t21?,23-,24?,31-/m0/s1. The van der Waals surface area contributed by atoms with Crippen molar-refractivity contribution in [1.29, 1.82) is 0 Å². The van der Waals surface area contributed by atoms with Crippen molar-refractivity contribution in [2.75, 3.05) is 6.54 Å². The van der Waals surface area contributed by atoms with E-state index < -0.39 is 29.4 Å². The molecule has 1 saturated heterocycles. The summed E-state index contributed by atoms with van der Waals surface area (Å²) in [6.07, 6.45) is 14.2. The number of aromatic nitrogens is 2. The Hall–Kier alpha value is -2.84. The summed E-state index contributed by atoms with van der Waals surface area (Å²) in [5, 5.41) is 5.97. The normalized spacial score (nSPS) is 28.4. The number of likely N-dealkylation sites (tertiary alicyclic amines) is 1. The van der Waals surface area contributed by atoms with E-state index in [2.05, 4.69) is 34.4 Å². The Balaban J connectivity index is 1.37. The van der Waals surface area contributed by atoms with Crippen molar-refractivity contribution in [3.63, 3.8) is 0 Å². The first kappa shape index (κ1) is 28.7. The number of aldehydes is 1. The van der Waals surface area contributed by atoms with Crippen molar-refractivity contribution in [3.05, 3.63) is 24.3 Å². The van der Waals surface area contributed by atoms with Gasteiger partial charge in [0.05, 0.1) is 12.2 Å². The van der Waals surface area contributed by atoms with E-state index in [1.807, 2.05) is 20.8 Å². The summed E-state index contributed by atoms with van der Waals surface area (Å²) in [6, 6.07) is -2.12. The molecule has 9 nitrogen and oxygen atoms in total. The first-order valence-corrected chi connectivity index (χ1v) is 15.0. The van der Waals surface area contributed by atoms with Crippen LogP contribution in [0, 0.1) is 27.6 Å². The highest BCUT2D eigenvalue weighted by molar-refractivity contribution is 5.97. The van der Waals surface area contributed by atoms with Crippen LogP contribution in [-0.4, -0.2) is 63.5 Å². The lowest BCUT2D eigenvalue weighted by molar-refractivity contribution is -0.142. The van der Waals surface area contributed by atoms with Crippen molar-refractivity contribution in [1.82, 2.24) is 25.5 Å². The second kappa shape index (κ2) is 10.2. The first-order valence-electron chi connectivity index (χ1n) is 15.0. The number of hydrogen-bond acceptors (Lipinski definition) is 6. The van der Waals surface area contributed by atoms with Crippen LogP contribution in [0.25, 0.3) is 0 Å². The number of nitrogens with zero attached hydrogens (tertiary/aromatic N) is 3. The van der Waals surface area contributed by atoms with Crippen LogP contribution < -0.4 is 10.6 Å². The van der Waals surface area contributed by atoms with Gasteiger partial charge in [-0.25, -0.2) is 4.98 Å². The molecule has 4 atom stereocenters. The van der Waals surface area contributed by atoms with Crippen LogP contribution in [0.2, 0.25) is 0 Å². The molecule has 1 aromatic rings. The van der Waals surface area contributed by atoms with Gasteiger partial charge in [0, 0.05) is 24.4 Å². The minimum atomic E-state index is -0.837. The average Bonchev–Trinajstić information content (AvgIpc) is 3.13. The van der Waals surface area contributed by atoms with Gasteiger partial charge in [0.1, 0.15) is 24.1 Å². The van der Waals surface area contributed by atoms with Crippen molar-refractivity contribution >= 4 is 24.0 Å². The molecule has 2 heterocycles. The summed E-state index contributed by atoms with van der Waals surface area (Å²) in [4.78, 5) is 63.3. The lowest BCUT2D eigenvalue weighted by atomic mass is 9.73. The second-order valence-corrected chi connectivity index (χ2v) is 14.3. The number of carbonyl (C=O) groups excluding carboxylic acids is 4. The predicted molar refractivity (Wildman–Crippen MR) is 150 cm³/mol. The van der Waals surface area contributed by atoms with E-state index in [1.165, 1.54) is 25.0 Å². The number of rotatable bonds is 7. The molecule has 4 fully saturated rings. The van der Waals surface area contributed by atoms with Crippen LogP contribution in [0.15, 0.2) is 18.6 Å². The Kier molecular flexibility index (Phi) is 7.32. The molecular weight excluding hydrogens is 506 g/mol. The third kappa shape index (κ3) is 4.44. The molecule has 2 N–H and O–H groups in total. The summed E-state index contributed by atoms with van der Waals surface area (Å²) >= 11 is 0. The maximum atomic E-state index is 14.2. The third-order valence-corrected chi connectivity index (χ3v) is 11.2. The van der Waals surface area contributed by atoms with Gasteiger partial charge >= 0.3 is 0 Å². The zero-order chi connectivity index (χ0) is 28.9. The quantitative estimate of drug-likeness (QED) is 0.499. The van der Waals surface area contributed by atoms with E-state index in [4.69, 9.17) is 0 Å². The number of hydrogen-bond donors (Lipinski definition) is 2. The van der Waals surface area contributed by atoms with Crippen LogP contribution in [0.1, 0.15) is 103 Å². The molecule has 40 heavy (non-hydrogen) atoms. The smallest absolute Gasteiger partial charge is 0.272 e. The van der Waals surface area contributed by atoms with Gasteiger partial charge in [-0.15, -0.1) is 0 Å². The summed E-state index contributed by atoms with van der Waals surface area (Å²) in [7, 11) is 0. The molecule has 1 aliphatic heterocycles. The van der Waals surface area contributed by atoms with Gasteiger partial charge in [-0.1, -0.05) is 60.3 Å². The maximum absolute atomic E-state index is 14.2. The zero-order valence-electron chi connectivity index (χ0n) is 24.7. The topological polar surface area (TPSA) is 121 Å². The Labute approximate surface area is 237 Å². The van der Waals surface area contributed by atoms with E-state index in [0.717, 1.165) is 51.2 Å². The SMILES string of the molecule is CC(C)(C)C(NC(=O)[C@@H](NC(=O)c1cnccn1)C1CCCCC1)C(=O)N1C[C@@]2(CC1C=O)C(C)(C)C21CCC1. The maximum Gasteiger partial charge on any atom is 0.272 e. The van der Waals surface area contributed by atoms with Crippen LogP contribution in [0.4, 0.5) is 0 Å². The number of amides is 3. The molecule has 4 aliphatic rings. The van der Waals surface area contributed by atoms with Gasteiger partial charge in [-0.2, -0.15) is 0 Å². The molecule has 2 spiro atoms. The Morgan fingerprint density at radius 1 is 1.02 bits per heavy atom. The van der Waals surface area contributed by atoms with E-state index in [1.54, 1.807) is 4.90 Å². The summed E-state index contributed by atoms with van der Waals surface area (Å²) in [6.45, 7) is 10.9. The van der Waals surface area contributed by atoms with Crippen molar-refractivity contribution in [3.8, 4) is 0 Å². The average molecular weight is 552 g/mol. The fourth-order valence-corrected chi connectivity index (χ4v) is 8.54. The second-order valence-electron chi connectivity index (χ2n) is 14.3. The van der Waals surface area contributed by atoms with E-state index in [0.29, 0.717) is 13.0 Å². The lowest BCUT2D eigenvalue weighted by Gasteiger charge is -2.37. The minimum Gasteiger partial charge on any atom is -0.342 e. The number of carbonyl (C=O) groups is 4. The third-order valence-electron chi connectivity index (χ3n) is 11.2. The van der Waals surface area contributed by atoms with Gasteiger partial charge in [0.2, 0.25) is 11.8 Å². The predicted octanol–water partition coefficient (Wildman–Crippen LogP) is 3.68. The largest absolute Gasteiger partial charge is 0.342 e. The summed E-state index contributed by atoms with van der Waals surface area (Å²) < 4.78 is 0. The highest BCUT2D eigenvalue weighted by Crippen LogP contribution is 2.88. The molecule has 2 unspecified atom stereocenters. The van der Waals surface area contributed by atoms with Gasteiger partial charge in [-0.3, -0.25) is 19.4 Å². The van der Waals surface area contributed by atoms with Crippen LogP contribution in [0.5, 0.6) is 0 Å². The number of fused-ring (bicyclic) bond motifs is 1. The van der Waals surface area contributed by atoms with Crippen LogP contribution >= 0.6 is 0 Å². The fourth-order valence-electron chi connectivity index (χ4n) is 8.54. The van der Waals surface area contributed by atoms with Crippen LogP contribution in [0.3, 0.4) is 0 Å². The molecule has 0 aromatic carbocycles. The first-order chi connectivity index (χ1) is 18.9. The minimum absolute atomic E-state index is 0.0337.